The van der Waals surface area contributed by atoms with Gasteiger partial charge < -0.3 is 34.5 Å². The summed E-state index contributed by atoms with van der Waals surface area (Å²) < 4.78 is 62.8. The molecule has 268 valence electrons. The second-order valence-corrected chi connectivity index (χ2v) is 12.2. The summed E-state index contributed by atoms with van der Waals surface area (Å²) in [5, 5.41) is 35.3. The Labute approximate surface area is 286 Å². The van der Waals surface area contributed by atoms with Gasteiger partial charge >= 0.3 is 18.1 Å². The number of nitro groups is 1. The van der Waals surface area contributed by atoms with Gasteiger partial charge in [0.1, 0.15) is 17.6 Å². The molecular weight excluding hydrogens is 685 g/mol. The average molecular weight is 715 g/mol. The van der Waals surface area contributed by atoms with Crippen LogP contribution in [0.4, 0.5) is 18.9 Å². The Balaban J connectivity index is 1.18. The number of aromatic hydroxyl groups is 2. The Morgan fingerprint density at radius 3 is 2.18 bits per heavy atom. The van der Waals surface area contributed by atoms with Crippen LogP contribution in [0.15, 0.2) is 48.5 Å². The zero-order valence-corrected chi connectivity index (χ0v) is 26.8. The highest BCUT2D eigenvalue weighted by molar-refractivity contribution is 6.30. The van der Waals surface area contributed by atoms with E-state index in [0.29, 0.717) is 0 Å². The van der Waals surface area contributed by atoms with E-state index in [-0.39, 0.29) is 57.7 Å². The van der Waals surface area contributed by atoms with Crippen molar-refractivity contribution in [2.24, 2.45) is 0 Å². The van der Waals surface area contributed by atoms with E-state index in [4.69, 9.17) is 18.9 Å². The number of rotatable bonds is 7. The number of ketones is 2. The van der Waals surface area contributed by atoms with Crippen LogP contribution >= 0.6 is 0 Å². The summed E-state index contributed by atoms with van der Waals surface area (Å²) >= 11 is 0. The van der Waals surface area contributed by atoms with Crippen molar-refractivity contribution >= 4 is 29.1 Å². The van der Waals surface area contributed by atoms with E-state index >= 15 is 0 Å². The minimum atomic E-state index is -5.27. The number of fused-ring (bicyclic) bond motifs is 3. The van der Waals surface area contributed by atoms with Crippen LogP contribution in [0.25, 0.3) is 0 Å². The van der Waals surface area contributed by atoms with Gasteiger partial charge in [0.15, 0.2) is 17.9 Å². The minimum absolute atomic E-state index is 0.0668. The van der Waals surface area contributed by atoms with Gasteiger partial charge in [0, 0.05) is 47.2 Å². The lowest BCUT2D eigenvalue weighted by Gasteiger charge is -2.40. The van der Waals surface area contributed by atoms with Crippen LogP contribution < -0.4 is 5.32 Å². The number of non-ortho nitro benzene ring substituents is 1. The van der Waals surface area contributed by atoms with E-state index in [0.717, 1.165) is 24.3 Å². The monoisotopic (exact) mass is 714 g/mol. The summed E-state index contributed by atoms with van der Waals surface area (Å²) in [4.78, 5) is 61.7. The van der Waals surface area contributed by atoms with Crippen molar-refractivity contribution in [1.29, 1.82) is 0 Å². The van der Waals surface area contributed by atoms with Gasteiger partial charge in [-0.15, -0.1) is 0 Å². The third-order valence-corrected chi connectivity index (χ3v) is 8.97. The van der Waals surface area contributed by atoms with Crippen LogP contribution in [0.3, 0.4) is 0 Å². The zero-order chi connectivity index (χ0) is 36.9. The second-order valence-electron chi connectivity index (χ2n) is 12.2. The van der Waals surface area contributed by atoms with Crippen molar-refractivity contribution in [2.75, 3.05) is 6.61 Å². The van der Waals surface area contributed by atoms with Crippen molar-refractivity contribution in [2.45, 2.75) is 69.6 Å². The predicted molar refractivity (Wildman–Crippen MR) is 165 cm³/mol. The lowest BCUT2D eigenvalue weighted by molar-refractivity contribution is -0.384. The fourth-order valence-electron chi connectivity index (χ4n) is 6.60. The number of nitro benzene ring substituents is 1. The first-order chi connectivity index (χ1) is 24.1. The molecule has 3 aromatic carbocycles. The third-order valence-electron chi connectivity index (χ3n) is 8.97. The lowest BCUT2D eigenvalue weighted by atomic mass is 9.78. The van der Waals surface area contributed by atoms with Crippen LogP contribution in [-0.4, -0.2) is 82.0 Å². The number of nitrogens with zero attached hydrogens (tertiary/aromatic N) is 1. The molecule has 1 saturated heterocycles. The van der Waals surface area contributed by atoms with Gasteiger partial charge in [-0.05, 0) is 26.0 Å². The number of hydrogen-bond acceptors (Lipinski definition) is 12. The summed E-state index contributed by atoms with van der Waals surface area (Å²) in [6, 6.07) is 8.85. The highest BCUT2D eigenvalue weighted by atomic mass is 19.4. The Morgan fingerprint density at radius 1 is 0.980 bits per heavy atom. The molecular formula is C34H29F3N2O12. The molecule has 14 nitrogen and oxygen atoms in total. The predicted octanol–water partition coefficient (Wildman–Crippen LogP) is 4.21. The van der Waals surface area contributed by atoms with Crippen LogP contribution in [0, 0.1) is 10.1 Å². The Kier molecular flexibility index (Phi) is 9.30. The molecule has 1 amide bonds. The van der Waals surface area contributed by atoms with Gasteiger partial charge in [0.05, 0.1) is 52.6 Å². The van der Waals surface area contributed by atoms with Gasteiger partial charge in [0.25, 0.3) is 5.69 Å². The number of ether oxygens (including phenoxy) is 4. The first-order valence-corrected chi connectivity index (χ1v) is 15.6. The third kappa shape index (κ3) is 6.62. The number of esters is 1. The minimum Gasteiger partial charge on any atom is -0.507 e. The molecule has 6 rings (SSSR count). The average Bonchev–Trinajstić information content (AvgIpc) is 3.08. The number of amides is 1. The zero-order valence-electron chi connectivity index (χ0n) is 26.8. The topological polar surface area (TPSA) is 201 Å². The van der Waals surface area contributed by atoms with E-state index in [1.165, 1.54) is 19.1 Å². The number of hydrogen-bond donors (Lipinski definition) is 3. The molecule has 0 saturated carbocycles. The smallest absolute Gasteiger partial charge is 0.471 e. The van der Waals surface area contributed by atoms with E-state index in [1.807, 2.05) is 5.32 Å². The van der Waals surface area contributed by atoms with Crippen LogP contribution in [-0.2, 0) is 30.2 Å². The van der Waals surface area contributed by atoms with Crippen LogP contribution in [0.5, 0.6) is 11.5 Å². The van der Waals surface area contributed by atoms with Gasteiger partial charge in [0.2, 0.25) is 0 Å². The fourth-order valence-corrected chi connectivity index (χ4v) is 6.60. The molecule has 0 spiro atoms. The number of carbonyl (C=O) groups excluding carboxylic acids is 4. The largest absolute Gasteiger partial charge is 0.507 e. The molecule has 1 aliphatic carbocycles. The number of alkyl halides is 3. The van der Waals surface area contributed by atoms with E-state index in [1.54, 1.807) is 19.1 Å². The fraction of sp³-hybridized carbons (Fsp3) is 0.353. The van der Waals surface area contributed by atoms with Gasteiger partial charge in [-0.1, -0.05) is 24.3 Å². The Morgan fingerprint density at radius 2 is 1.59 bits per heavy atom. The molecule has 1 fully saturated rings. The molecule has 6 atom stereocenters. The maximum absolute atomic E-state index is 13.4. The quantitative estimate of drug-likeness (QED) is 0.107. The van der Waals surface area contributed by atoms with Crippen molar-refractivity contribution in [1.82, 2.24) is 5.32 Å². The standard InChI is InChI=1S/C34H29F3N2O12/c1-14-24-21(29(42)25-26(30(24)43)28(41)20-6-4-3-5-19(20)27(25)40)11-18(49-14)13-48-23-12-22(38-33(45)34(35,36)37)31(15(2)50-23)51-32(44)16-7-9-17(10-8-16)39(46)47/h3-10,14-15,18,22-23,31,42-43H,11-13H2,1-2H3,(H,38,45)/t14-,15-,18-,22-,23+,31-/m0/s1. The number of carbonyl (C=O) groups is 4. The number of halogens is 3. The summed E-state index contributed by atoms with van der Waals surface area (Å²) in [6.45, 7) is 2.65. The molecule has 51 heavy (non-hydrogen) atoms. The van der Waals surface area contributed by atoms with Crippen LogP contribution in [0.2, 0.25) is 0 Å². The van der Waals surface area contributed by atoms with Crippen LogP contribution in [0.1, 0.15) is 79.7 Å². The summed E-state index contributed by atoms with van der Waals surface area (Å²) in [6.07, 6.45) is -11.4. The van der Waals surface area contributed by atoms with Gasteiger partial charge in [-0.25, -0.2) is 4.79 Å². The lowest BCUT2D eigenvalue weighted by Crippen LogP contribution is -2.58. The molecule has 0 aromatic heterocycles. The SMILES string of the molecule is C[C@@H]1O[C@H](CO[C@H]2C[C@H](NC(=O)C(F)(F)F)[C@@H](OC(=O)c3ccc([N+](=O)[O-])cc3)[C@H](C)O2)Cc2c(O)c3c(c(O)c21)C(=O)c1ccccc1C3=O. The normalized spacial score (nSPS) is 24.2. The summed E-state index contributed by atoms with van der Waals surface area (Å²) in [7, 11) is 0. The van der Waals surface area contributed by atoms with Crippen molar-refractivity contribution < 1.29 is 66.4 Å². The first-order valence-electron chi connectivity index (χ1n) is 15.6. The highest BCUT2D eigenvalue weighted by Crippen LogP contribution is 2.48. The molecule has 2 aliphatic heterocycles. The summed E-state index contributed by atoms with van der Waals surface area (Å²) in [5.41, 5.74) is -0.722. The number of phenolic OH excluding ortho intramolecular Hbond substituents is 2. The van der Waals surface area contributed by atoms with Gasteiger partial charge in [-0.2, -0.15) is 13.2 Å². The van der Waals surface area contributed by atoms with E-state index in [9.17, 15) is 52.7 Å². The molecule has 3 aliphatic rings. The Bertz CT molecular complexity index is 1950. The molecule has 3 aromatic rings. The number of nitrogens with one attached hydrogen (secondary N) is 1. The molecule has 2 heterocycles. The van der Waals surface area contributed by atoms with Crippen molar-refractivity contribution in [3.8, 4) is 11.5 Å². The van der Waals surface area contributed by atoms with Crippen molar-refractivity contribution in [3.05, 3.63) is 97.6 Å². The summed E-state index contributed by atoms with van der Waals surface area (Å²) in [5.74, 6) is -5.62. The Hall–Kier alpha value is -5.39. The maximum atomic E-state index is 13.4. The molecule has 0 radical (unpaired) electrons. The van der Waals surface area contributed by atoms with E-state index < -0.39 is 89.2 Å². The molecule has 3 N–H and O–H groups in total. The molecule has 0 bridgehead atoms. The molecule has 17 heteroatoms. The highest BCUT2D eigenvalue weighted by Gasteiger charge is 2.47. The van der Waals surface area contributed by atoms with Crippen molar-refractivity contribution in [3.63, 3.8) is 0 Å². The molecule has 0 unspecified atom stereocenters. The number of phenols is 2. The second kappa shape index (κ2) is 13.4. The van der Waals surface area contributed by atoms with E-state index in [2.05, 4.69) is 0 Å². The first kappa shape index (κ1) is 35.4. The van der Waals surface area contributed by atoms with Gasteiger partial charge in [-0.3, -0.25) is 24.5 Å². The maximum Gasteiger partial charge on any atom is 0.471 e. The number of benzene rings is 3.